The number of rotatable bonds is 4. The van der Waals surface area contributed by atoms with Gasteiger partial charge in [0.05, 0.1) is 10.4 Å². The van der Waals surface area contributed by atoms with Gasteiger partial charge in [0.25, 0.3) is 5.91 Å². The normalized spacial score (nSPS) is 22.3. The van der Waals surface area contributed by atoms with Crippen LogP contribution in [-0.4, -0.2) is 45.5 Å². The zero-order valence-corrected chi connectivity index (χ0v) is 22.6. The number of nitrogens with one attached hydrogen (secondary N) is 2. The van der Waals surface area contributed by atoms with Crippen LogP contribution in [0.1, 0.15) is 54.4 Å². The largest absolute Gasteiger partial charge is 0.325 e. The fraction of sp³-hybridized carbons (Fsp3) is 0.323. The summed E-state index contributed by atoms with van der Waals surface area (Å²) in [6.45, 7) is -0.0985. The summed E-state index contributed by atoms with van der Waals surface area (Å²) in [7, 11) is 0. The molecule has 0 saturated heterocycles. The zero-order valence-electron chi connectivity index (χ0n) is 21.9. The van der Waals surface area contributed by atoms with Gasteiger partial charge in [-0.25, -0.2) is 4.98 Å². The average molecular weight is 554 g/mol. The highest BCUT2D eigenvalue weighted by molar-refractivity contribution is 6.50. The van der Waals surface area contributed by atoms with Crippen molar-refractivity contribution in [2.24, 2.45) is 4.99 Å². The highest BCUT2D eigenvalue weighted by atomic mass is 35.5. The predicted molar refractivity (Wildman–Crippen MR) is 153 cm³/mol. The molecule has 0 unspecified atom stereocenters. The third-order valence-corrected chi connectivity index (χ3v) is 9.15. The summed E-state index contributed by atoms with van der Waals surface area (Å²) in [5.41, 5.74) is 3.20. The van der Waals surface area contributed by atoms with E-state index in [2.05, 4.69) is 15.6 Å². The van der Waals surface area contributed by atoms with Gasteiger partial charge >= 0.3 is 0 Å². The molecule has 3 heterocycles. The van der Waals surface area contributed by atoms with E-state index in [0.717, 1.165) is 48.8 Å². The molecule has 1 aromatic heterocycles. The Morgan fingerprint density at radius 2 is 1.80 bits per heavy atom. The fourth-order valence-electron chi connectivity index (χ4n) is 6.87. The molecule has 1 saturated carbocycles. The molecular weight excluding hydrogens is 526 g/mol. The molecule has 0 bridgehead atoms. The van der Waals surface area contributed by atoms with E-state index in [0.29, 0.717) is 40.6 Å². The molecule has 2 aromatic carbocycles. The number of benzene rings is 2. The van der Waals surface area contributed by atoms with E-state index in [-0.39, 0.29) is 24.3 Å². The van der Waals surface area contributed by atoms with Gasteiger partial charge in [0.1, 0.15) is 23.7 Å². The number of carbonyl (C=O) groups is 3. The average Bonchev–Trinajstić information content (AvgIpc) is 3.55. The van der Waals surface area contributed by atoms with E-state index in [9.17, 15) is 14.4 Å². The molecule has 0 radical (unpaired) electrons. The van der Waals surface area contributed by atoms with Gasteiger partial charge in [-0.1, -0.05) is 48.4 Å². The minimum Gasteiger partial charge on any atom is -0.325 e. The van der Waals surface area contributed by atoms with E-state index in [1.54, 1.807) is 23.2 Å². The number of halogens is 1. The molecule has 3 aromatic rings. The number of nitrogens with zero attached hydrogens (tertiary/aromatic N) is 3. The number of hydrogen-bond acceptors (Lipinski definition) is 5. The summed E-state index contributed by atoms with van der Waals surface area (Å²) in [6.07, 6.45) is 7.24. The second-order valence-electron chi connectivity index (χ2n) is 11.2. The third kappa shape index (κ3) is 3.84. The Balaban J connectivity index is 1.11. The first-order valence-electron chi connectivity index (χ1n) is 13.7. The third-order valence-electron chi connectivity index (χ3n) is 8.82. The maximum Gasteiger partial charge on any atom is 0.275 e. The lowest BCUT2D eigenvalue weighted by molar-refractivity contribution is -0.134. The van der Waals surface area contributed by atoms with Crippen LogP contribution in [0.2, 0.25) is 5.02 Å². The fourth-order valence-corrected chi connectivity index (χ4v) is 7.09. The lowest BCUT2D eigenvalue weighted by Gasteiger charge is -2.38. The van der Waals surface area contributed by atoms with Crippen LogP contribution in [0, 0.1) is 0 Å². The van der Waals surface area contributed by atoms with Crippen molar-refractivity contribution in [2.45, 2.75) is 56.0 Å². The Labute approximate surface area is 236 Å². The highest BCUT2D eigenvalue weighted by Crippen LogP contribution is 2.47. The van der Waals surface area contributed by atoms with Gasteiger partial charge < -0.3 is 15.5 Å². The van der Waals surface area contributed by atoms with E-state index < -0.39 is 11.1 Å². The molecule has 7 rings (SSSR count). The number of amides is 3. The van der Waals surface area contributed by atoms with Gasteiger partial charge in [0, 0.05) is 23.0 Å². The van der Waals surface area contributed by atoms with Crippen LogP contribution < -0.4 is 10.6 Å². The highest BCUT2D eigenvalue weighted by Gasteiger charge is 2.51. The first-order valence-corrected chi connectivity index (χ1v) is 14.1. The van der Waals surface area contributed by atoms with Crippen LogP contribution in [0.3, 0.4) is 0 Å². The van der Waals surface area contributed by atoms with Crippen molar-refractivity contribution in [1.82, 2.24) is 9.88 Å². The van der Waals surface area contributed by atoms with Gasteiger partial charge in [0.2, 0.25) is 11.8 Å². The summed E-state index contributed by atoms with van der Waals surface area (Å²) in [4.78, 5) is 51.0. The molecule has 8 nitrogen and oxygen atoms in total. The van der Waals surface area contributed by atoms with Crippen molar-refractivity contribution in [1.29, 1.82) is 0 Å². The molecule has 2 aliphatic heterocycles. The minimum absolute atomic E-state index is 0.0392. The number of aliphatic imine (C=N–C) groups is 1. The molecule has 4 aliphatic rings. The van der Waals surface area contributed by atoms with Crippen LogP contribution in [0.5, 0.6) is 0 Å². The minimum atomic E-state index is -0.719. The number of anilines is 2. The number of carbonyl (C=O) groups excluding carboxylic acids is 3. The number of fused-ring (bicyclic) bond motifs is 3. The summed E-state index contributed by atoms with van der Waals surface area (Å²) in [5, 5.41) is 6.39. The molecule has 2 spiro atoms. The molecular formula is C31H28ClN5O3. The molecule has 1 fully saturated rings. The summed E-state index contributed by atoms with van der Waals surface area (Å²) in [5.74, 6) is 0.0389. The quantitative estimate of drug-likeness (QED) is 0.490. The van der Waals surface area contributed by atoms with Crippen molar-refractivity contribution in [3.63, 3.8) is 0 Å². The first kappa shape index (κ1) is 25.0. The monoisotopic (exact) mass is 553 g/mol. The van der Waals surface area contributed by atoms with Gasteiger partial charge in [0.15, 0.2) is 0 Å². The van der Waals surface area contributed by atoms with E-state index >= 15 is 0 Å². The number of hydrogen-bond donors (Lipinski definition) is 2. The van der Waals surface area contributed by atoms with E-state index in [1.165, 1.54) is 0 Å². The predicted octanol–water partition coefficient (Wildman–Crippen LogP) is 4.65. The Hall–Kier alpha value is -4.04. The Bertz CT molecular complexity index is 1610. The summed E-state index contributed by atoms with van der Waals surface area (Å²) >= 11 is 6.43. The molecule has 2 N–H and O–H groups in total. The zero-order chi connectivity index (χ0) is 27.5. The lowest BCUT2D eigenvalue weighted by Crippen LogP contribution is -2.51. The maximum absolute atomic E-state index is 13.7. The van der Waals surface area contributed by atoms with Crippen LogP contribution in [0.15, 0.2) is 65.8 Å². The Kier molecular flexibility index (Phi) is 5.78. The standard InChI is InChI=1S/C31H28ClN5O3/c32-24-9-3-2-7-22(24)26-28(39)37(31(36-26)12-4-1-5-13-31)18-25(38)34-21-11-10-19-16-30(17-20(19)15-21)23-8-6-14-33-27(23)35-29(30)40/h2-3,6-11,14-15H,1,4-5,12-13,16-18H2,(H,34,38)(H,33,35,40)/t30-/m1/s1. The lowest BCUT2D eigenvalue weighted by atomic mass is 9.79. The van der Waals surface area contributed by atoms with Crippen molar-refractivity contribution in [2.75, 3.05) is 17.2 Å². The molecule has 202 valence electrons. The van der Waals surface area contributed by atoms with Gasteiger partial charge in [-0.3, -0.25) is 19.4 Å². The molecule has 9 heteroatoms. The SMILES string of the molecule is O=C(CN1C(=O)C(c2ccccc2Cl)=NC12CCCCC2)Nc1ccc2c(c1)C[C@@]1(C2)C(=O)Nc2ncccc21. The van der Waals surface area contributed by atoms with Crippen LogP contribution >= 0.6 is 11.6 Å². The molecule has 40 heavy (non-hydrogen) atoms. The maximum atomic E-state index is 13.7. The van der Waals surface area contributed by atoms with Gasteiger partial charge in [-0.05, 0) is 73.9 Å². The van der Waals surface area contributed by atoms with Crippen molar-refractivity contribution in [3.8, 4) is 0 Å². The van der Waals surface area contributed by atoms with Crippen molar-refractivity contribution >= 4 is 46.5 Å². The topological polar surface area (TPSA) is 104 Å². The summed E-state index contributed by atoms with van der Waals surface area (Å²) < 4.78 is 0. The summed E-state index contributed by atoms with van der Waals surface area (Å²) in [6, 6.07) is 16.8. The molecule has 3 amide bonds. The second-order valence-corrected chi connectivity index (χ2v) is 11.6. The van der Waals surface area contributed by atoms with E-state index in [1.807, 2.05) is 42.5 Å². The molecule has 1 atom stereocenters. The van der Waals surface area contributed by atoms with Gasteiger partial charge in [-0.15, -0.1) is 0 Å². The van der Waals surface area contributed by atoms with Gasteiger partial charge in [-0.2, -0.15) is 0 Å². The van der Waals surface area contributed by atoms with Crippen molar-refractivity contribution in [3.05, 3.63) is 88.1 Å². The number of aromatic nitrogens is 1. The van der Waals surface area contributed by atoms with Crippen LogP contribution in [-0.2, 0) is 32.6 Å². The number of pyridine rings is 1. The smallest absolute Gasteiger partial charge is 0.275 e. The molecule has 2 aliphatic carbocycles. The van der Waals surface area contributed by atoms with E-state index in [4.69, 9.17) is 16.6 Å². The second kappa shape index (κ2) is 9.27. The first-order chi connectivity index (χ1) is 19.4. The van der Waals surface area contributed by atoms with Crippen molar-refractivity contribution < 1.29 is 14.4 Å². The Morgan fingerprint density at radius 3 is 2.62 bits per heavy atom. The van der Waals surface area contributed by atoms with Crippen LogP contribution in [0.25, 0.3) is 0 Å². The van der Waals surface area contributed by atoms with Crippen LogP contribution in [0.4, 0.5) is 11.5 Å². The Morgan fingerprint density at radius 1 is 1.00 bits per heavy atom.